The predicted octanol–water partition coefficient (Wildman–Crippen LogP) is 2.91. The number of hydrogen-bond donors (Lipinski definition) is 1. The molecule has 1 spiro atoms. The van der Waals surface area contributed by atoms with Crippen molar-refractivity contribution in [2.45, 2.75) is 37.1 Å². The molecule has 0 bridgehead atoms. The van der Waals surface area contributed by atoms with Crippen LogP contribution in [0.1, 0.15) is 37.2 Å². The molecular weight excluding hydrogens is 336 g/mol. The molecule has 3 aromatic rings. The molecule has 4 heterocycles. The van der Waals surface area contributed by atoms with Crippen LogP contribution in [-0.4, -0.2) is 45.1 Å². The zero-order valence-corrected chi connectivity index (χ0v) is 15.2. The van der Waals surface area contributed by atoms with Gasteiger partial charge in [-0.05, 0) is 49.3 Å². The fourth-order valence-corrected chi connectivity index (χ4v) is 4.27. The van der Waals surface area contributed by atoms with E-state index in [1.165, 1.54) is 36.6 Å². The monoisotopic (exact) mass is 358 g/mol. The van der Waals surface area contributed by atoms with Crippen molar-refractivity contribution < 1.29 is 0 Å². The van der Waals surface area contributed by atoms with Gasteiger partial charge in [0.25, 0.3) is 0 Å². The molecule has 6 rings (SSSR count). The number of rotatable bonds is 3. The second-order valence-electron chi connectivity index (χ2n) is 8.13. The van der Waals surface area contributed by atoms with Crippen LogP contribution < -0.4 is 10.2 Å². The lowest BCUT2D eigenvalue weighted by Crippen LogP contribution is -2.52. The van der Waals surface area contributed by atoms with Crippen molar-refractivity contribution >= 4 is 16.7 Å². The van der Waals surface area contributed by atoms with Gasteiger partial charge in [-0.25, -0.2) is 9.97 Å². The van der Waals surface area contributed by atoms with Crippen molar-refractivity contribution in [2.75, 3.05) is 24.5 Å². The first-order valence-corrected chi connectivity index (χ1v) is 9.87. The summed E-state index contributed by atoms with van der Waals surface area (Å²) in [6.45, 7) is 3.03. The van der Waals surface area contributed by atoms with Crippen LogP contribution in [0, 0.1) is 0 Å². The molecule has 6 nitrogen and oxygen atoms in total. The minimum atomic E-state index is 0.305. The molecule has 1 saturated heterocycles. The third kappa shape index (κ3) is 2.67. The number of nitrogens with one attached hydrogen (secondary N) is 1. The van der Waals surface area contributed by atoms with E-state index in [4.69, 9.17) is 9.97 Å². The molecule has 27 heavy (non-hydrogen) atoms. The van der Waals surface area contributed by atoms with Gasteiger partial charge in [-0.15, -0.1) is 0 Å². The minimum Gasteiger partial charge on any atom is -0.353 e. The molecule has 0 aromatic carbocycles. The Hall–Kier alpha value is -2.60. The summed E-state index contributed by atoms with van der Waals surface area (Å²) in [6, 6.07) is 3.95. The van der Waals surface area contributed by atoms with E-state index < -0.39 is 0 Å². The number of hydrogen-bond acceptors (Lipinski definition) is 6. The zero-order chi connectivity index (χ0) is 17.8. The molecule has 1 aliphatic heterocycles. The van der Waals surface area contributed by atoms with E-state index in [-0.39, 0.29) is 0 Å². The van der Waals surface area contributed by atoms with E-state index in [0.29, 0.717) is 11.5 Å². The number of pyridine rings is 2. The van der Waals surface area contributed by atoms with Crippen molar-refractivity contribution in [1.82, 2.24) is 25.3 Å². The van der Waals surface area contributed by atoms with Crippen LogP contribution in [0.4, 0.5) is 5.82 Å². The first kappa shape index (κ1) is 15.5. The Morgan fingerprint density at radius 2 is 1.89 bits per heavy atom. The zero-order valence-electron chi connectivity index (χ0n) is 15.2. The lowest BCUT2D eigenvalue weighted by Gasteiger charge is -2.35. The second kappa shape index (κ2) is 5.70. The summed E-state index contributed by atoms with van der Waals surface area (Å²) in [6.07, 6.45) is 12.5. The standard InChI is InChI=1S/C21H22N6/c1-2-14(1)16-11-23-12-17-18(16)20(27-10-9-24-21(13-27)5-6-21)26-19(25-17)15-3-7-22-8-4-15/h3-4,7-8,11-12,14,24H,1-2,5-6,9-10,13H2. The molecule has 3 fully saturated rings. The molecule has 0 amide bonds. The summed E-state index contributed by atoms with van der Waals surface area (Å²) in [4.78, 5) is 21.1. The largest absolute Gasteiger partial charge is 0.353 e. The van der Waals surface area contributed by atoms with Crippen molar-refractivity contribution in [3.63, 3.8) is 0 Å². The Balaban J connectivity index is 1.56. The van der Waals surface area contributed by atoms with Crippen LogP contribution in [0.3, 0.4) is 0 Å². The molecule has 2 saturated carbocycles. The molecule has 2 aliphatic carbocycles. The van der Waals surface area contributed by atoms with Gasteiger partial charge in [0.2, 0.25) is 0 Å². The highest BCUT2D eigenvalue weighted by Gasteiger charge is 2.46. The summed E-state index contributed by atoms with van der Waals surface area (Å²) >= 11 is 0. The van der Waals surface area contributed by atoms with Gasteiger partial charge in [0.05, 0.1) is 11.7 Å². The van der Waals surface area contributed by atoms with Crippen LogP contribution in [0.15, 0.2) is 36.9 Å². The van der Waals surface area contributed by atoms with Crippen LogP contribution in [0.25, 0.3) is 22.3 Å². The van der Waals surface area contributed by atoms with Crippen molar-refractivity contribution in [2.24, 2.45) is 0 Å². The topological polar surface area (TPSA) is 66.8 Å². The molecule has 3 aliphatic rings. The number of fused-ring (bicyclic) bond motifs is 1. The molecule has 6 heteroatoms. The Kier molecular flexibility index (Phi) is 3.26. The average Bonchev–Trinajstić information content (AvgIpc) is 3.65. The van der Waals surface area contributed by atoms with Gasteiger partial charge in [-0.2, -0.15) is 0 Å². The lowest BCUT2D eigenvalue weighted by molar-refractivity contribution is 0.441. The highest BCUT2D eigenvalue weighted by Crippen LogP contribution is 2.46. The summed E-state index contributed by atoms with van der Waals surface area (Å²) in [7, 11) is 0. The third-order valence-electron chi connectivity index (χ3n) is 6.10. The molecule has 3 aromatic heterocycles. The maximum absolute atomic E-state index is 5.09. The molecule has 136 valence electrons. The Bertz CT molecular complexity index is 1010. The fraction of sp³-hybridized carbons (Fsp3) is 0.429. The van der Waals surface area contributed by atoms with Crippen molar-refractivity contribution in [3.8, 4) is 11.4 Å². The Labute approximate surface area is 158 Å². The first-order chi connectivity index (χ1) is 13.3. The third-order valence-corrected chi connectivity index (χ3v) is 6.10. The van der Waals surface area contributed by atoms with Crippen LogP contribution >= 0.6 is 0 Å². The van der Waals surface area contributed by atoms with E-state index >= 15 is 0 Å². The van der Waals surface area contributed by atoms with E-state index in [0.717, 1.165) is 42.4 Å². The minimum absolute atomic E-state index is 0.305. The number of anilines is 1. The van der Waals surface area contributed by atoms with Crippen LogP contribution in [-0.2, 0) is 0 Å². The fourth-order valence-electron chi connectivity index (χ4n) is 4.27. The maximum Gasteiger partial charge on any atom is 0.162 e. The summed E-state index contributed by atoms with van der Waals surface area (Å²) in [5.41, 5.74) is 3.59. The van der Waals surface area contributed by atoms with Crippen molar-refractivity contribution in [1.29, 1.82) is 0 Å². The Morgan fingerprint density at radius 3 is 2.67 bits per heavy atom. The van der Waals surface area contributed by atoms with Gasteiger partial charge >= 0.3 is 0 Å². The van der Waals surface area contributed by atoms with Gasteiger partial charge < -0.3 is 10.2 Å². The second-order valence-corrected chi connectivity index (χ2v) is 8.13. The highest BCUT2D eigenvalue weighted by atomic mass is 15.3. The molecule has 0 unspecified atom stereocenters. The number of piperazine rings is 1. The molecule has 0 radical (unpaired) electrons. The summed E-state index contributed by atoms with van der Waals surface area (Å²) in [5, 5.41) is 4.92. The number of nitrogens with zero attached hydrogens (tertiary/aromatic N) is 5. The smallest absolute Gasteiger partial charge is 0.162 e. The Morgan fingerprint density at radius 1 is 1.04 bits per heavy atom. The molecule has 1 N–H and O–H groups in total. The average molecular weight is 358 g/mol. The lowest BCUT2D eigenvalue weighted by atomic mass is 10.1. The van der Waals surface area contributed by atoms with E-state index in [1.807, 2.05) is 24.5 Å². The van der Waals surface area contributed by atoms with Crippen molar-refractivity contribution in [3.05, 3.63) is 42.5 Å². The van der Waals surface area contributed by atoms with E-state index in [1.54, 1.807) is 12.4 Å². The van der Waals surface area contributed by atoms with Gasteiger partial charge in [0.15, 0.2) is 5.82 Å². The first-order valence-electron chi connectivity index (χ1n) is 9.87. The molecule has 0 atom stereocenters. The number of aromatic nitrogens is 4. The highest BCUT2D eigenvalue weighted by molar-refractivity contribution is 5.94. The summed E-state index contributed by atoms with van der Waals surface area (Å²) < 4.78 is 0. The predicted molar refractivity (Wildman–Crippen MR) is 105 cm³/mol. The normalized spacial score (nSPS) is 21.0. The van der Waals surface area contributed by atoms with E-state index in [2.05, 4.69) is 20.2 Å². The van der Waals surface area contributed by atoms with E-state index in [9.17, 15) is 0 Å². The van der Waals surface area contributed by atoms with Gasteiger partial charge in [0, 0.05) is 54.7 Å². The van der Waals surface area contributed by atoms with Crippen LogP contribution in [0.5, 0.6) is 0 Å². The van der Waals surface area contributed by atoms with Gasteiger partial charge in [-0.1, -0.05) is 0 Å². The molecular formula is C21H22N6. The van der Waals surface area contributed by atoms with Gasteiger partial charge in [-0.3, -0.25) is 9.97 Å². The SMILES string of the molecule is c1cc(-c2nc(N3CCNC4(CC4)C3)c3c(C4CC4)cncc3n2)ccn1. The van der Waals surface area contributed by atoms with Crippen LogP contribution in [0.2, 0.25) is 0 Å². The quantitative estimate of drug-likeness (QED) is 0.777. The summed E-state index contributed by atoms with van der Waals surface area (Å²) in [5.74, 6) is 2.47. The maximum atomic E-state index is 5.09. The van der Waals surface area contributed by atoms with Gasteiger partial charge in [0.1, 0.15) is 5.82 Å².